The lowest BCUT2D eigenvalue weighted by atomic mass is 9.96. The second-order valence-electron chi connectivity index (χ2n) is 6.15. The number of hydrogen-bond acceptors (Lipinski definition) is 5. The van der Waals surface area contributed by atoms with Crippen molar-refractivity contribution < 1.29 is 4.55 Å². The number of rotatable bonds is 8. The molecule has 140 valence electrons. The molecule has 0 spiro atoms. The van der Waals surface area contributed by atoms with Gasteiger partial charge < -0.3 is 9.87 Å². The first-order valence-electron chi connectivity index (χ1n) is 8.91. The van der Waals surface area contributed by atoms with Gasteiger partial charge >= 0.3 is 0 Å². The van der Waals surface area contributed by atoms with Gasteiger partial charge in [-0.2, -0.15) is 5.26 Å². The second-order valence-corrected chi connectivity index (χ2v) is 10.1. The molecule has 2 unspecified atom stereocenters. The van der Waals surface area contributed by atoms with Crippen molar-refractivity contribution in [3.05, 3.63) is 69.9 Å². The van der Waals surface area contributed by atoms with E-state index in [1.807, 2.05) is 41.8 Å². The zero-order chi connectivity index (χ0) is 19.1. The number of hydrogen-bond donors (Lipinski definition) is 1. The molecule has 0 saturated heterocycles. The van der Waals surface area contributed by atoms with Crippen molar-refractivity contribution in [2.75, 3.05) is 10.8 Å². The number of benzene rings is 1. The van der Waals surface area contributed by atoms with E-state index in [0.717, 1.165) is 40.3 Å². The largest absolute Gasteiger partial charge is 0.616 e. The van der Waals surface area contributed by atoms with Crippen molar-refractivity contribution in [3.63, 3.8) is 0 Å². The second kappa shape index (κ2) is 10.0. The van der Waals surface area contributed by atoms with Crippen molar-refractivity contribution in [1.82, 2.24) is 5.32 Å². The van der Waals surface area contributed by atoms with Crippen LogP contribution in [0.15, 0.2) is 59.5 Å². The molecule has 0 bridgehead atoms. The van der Waals surface area contributed by atoms with Crippen LogP contribution in [0.25, 0.3) is 11.3 Å². The smallest absolute Gasteiger partial charge is 0.153 e. The Bertz CT molecular complexity index is 838. The van der Waals surface area contributed by atoms with E-state index < -0.39 is 11.2 Å². The zero-order valence-electron chi connectivity index (χ0n) is 15.2. The zero-order valence-corrected chi connectivity index (χ0v) is 17.6. The summed E-state index contributed by atoms with van der Waals surface area (Å²) >= 11 is 2.36. The molecule has 1 N–H and O–H groups in total. The van der Waals surface area contributed by atoms with Crippen molar-refractivity contribution in [1.29, 1.82) is 5.26 Å². The van der Waals surface area contributed by atoms with Gasteiger partial charge in [-0.1, -0.05) is 61.5 Å². The summed E-state index contributed by atoms with van der Waals surface area (Å²) in [7, 11) is 0. The standard InChI is InChI=1S/C21H22N2OS3/c1-2-3-12-27(24)15-26-21-18(14-22)17(16-8-5-4-6-9-16)13-19(23-21)20-10-7-11-25-20/h4-11,13,21,23H,2-3,12,15H2,1H3. The van der Waals surface area contributed by atoms with Gasteiger partial charge in [0.1, 0.15) is 11.1 Å². The first-order chi connectivity index (χ1) is 13.2. The van der Waals surface area contributed by atoms with E-state index >= 15 is 0 Å². The molecule has 2 heterocycles. The summed E-state index contributed by atoms with van der Waals surface area (Å²) in [5, 5.41) is 15.7. The molecular formula is C21H22N2OS3. The van der Waals surface area contributed by atoms with Crippen LogP contribution in [0.3, 0.4) is 0 Å². The number of unbranched alkanes of at least 4 members (excludes halogenated alkanes) is 1. The van der Waals surface area contributed by atoms with Crippen molar-refractivity contribution in [3.8, 4) is 6.07 Å². The monoisotopic (exact) mass is 414 g/mol. The first kappa shape index (κ1) is 20.1. The highest BCUT2D eigenvalue weighted by Crippen LogP contribution is 2.35. The number of nitriles is 1. The Morgan fingerprint density at radius 3 is 2.74 bits per heavy atom. The highest BCUT2D eigenvalue weighted by Gasteiger charge is 2.27. The molecule has 2 aromatic rings. The lowest BCUT2D eigenvalue weighted by Gasteiger charge is -2.27. The van der Waals surface area contributed by atoms with Gasteiger partial charge in [-0.3, -0.25) is 0 Å². The van der Waals surface area contributed by atoms with Gasteiger partial charge in [-0.15, -0.1) is 11.3 Å². The lowest BCUT2D eigenvalue weighted by Crippen LogP contribution is -2.31. The number of thioether (sulfide) groups is 1. The summed E-state index contributed by atoms with van der Waals surface area (Å²) in [6.07, 6.45) is 4.08. The van der Waals surface area contributed by atoms with Gasteiger partial charge in [0.25, 0.3) is 0 Å². The molecule has 0 aliphatic carbocycles. The summed E-state index contributed by atoms with van der Waals surface area (Å²) < 4.78 is 12.3. The maximum atomic E-state index is 12.3. The summed E-state index contributed by atoms with van der Waals surface area (Å²) in [4.78, 5) is 1.14. The molecule has 0 saturated carbocycles. The summed E-state index contributed by atoms with van der Waals surface area (Å²) in [6, 6.07) is 16.5. The predicted molar refractivity (Wildman–Crippen MR) is 119 cm³/mol. The average Bonchev–Trinajstić information content (AvgIpc) is 3.25. The van der Waals surface area contributed by atoms with E-state index in [4.69, 9.17) is 0 Å². The van der Waals surface area contributed by atoms with Crippen LogP contribution in [0.4, 0.5) is 0 Å². The molecule has 0 fully saturated rings. The van der Waals surface area contributed by atoms with Gasteiger partial charge in [-0.25, -0.2) is 0 Å². The Kier molecular flexibility index (Phi) is 7.48. The van der Waals surface area contributed by atoms with Crippen LogP contribution < -0.4 is 5.32 Å². The minimum atomic E-state index is -0.868. The fraction of sp³-hybridized carbons (Fsp3) is 0.286. The van der Waals surface area contributed by atoms with E-state index in [0.29, 0.717) is 10.7 Å². The van der Waals surface area contributed by atoms with Gasteiger partial charge in [0.05, 0.1) is 22.2 Å². The summed E-state index contributed by atoms with van der Waals surface area (Å²) in [5.41, 5.74) is 3.68. The highest BCUT2D eigenvalue weighted by atomic mass is 32.3. The van der Waals surface area contributed by atoms with Crippen LogP contribution in [0, 0.1) is 11.3 Å². The Labute approximate surface area is 172 Å². The minimum Gasteiger partial charge on any atom is -0.616 e. The number of nitrogens with one attached hydrogen (secondary N) is 1. The fourth-order valence-corrected chi connectivity index (χ4v) is 6.30. The summed E-state index contributed by atoms with van der Waals surface area (Å²) in [5.74, 6) is 0.723. The van der Waals surface area contributed by atoms with E-state index in [-0.39, 0.29) is 5.37 Å². The molecule has 6 heteroatoms. The summed E-state index contributed by atoms with van der Waals surface area (Å²) in [6.45, 7) is 2.10. The van der Waals surface area contributed by atoms with Crippen LogP contribution in [0.2, 0.25) is 0 Å². The number of thiophene rings is 1. The molecule has 3 nitrogen and oxygen atoms in total. The van der Waals surface area contributed by atoms with Crippen molar-refractivity contribution in [2.45, 2.75) is 25.1 Å². The fourth-order valence-electron chi connectivity index (χ4n) is 2.80. The van der Waals surface area contributed by atoms with E-state index in [2.05, 4.69) is 30.5 Å². The van der Waals surface area contributed by atoms with E-state index in [9.17, 15) is 9.81 Å². The molecule has 0 radical (unpaired) electrons. The van der Waals surface area contributed by atoms with Crippen LogP contribution in [0.1, 0.15) is 30.2 Å². The molecule has 2 atom stereocenters. The van der Waals surface area contributed by atoms with E-state index in [1.54, 1.807) is 23.1 Å². The quantitative estimate of drug-likeness (QED) is 0.601. The van der Waals surface area contributed by atoms with Crippen LogP contribution in [-0.4, -0.2) is 20.8 Å². The third-order valence-electron chi connectivity index (χ3n) is 4.21. The van der Waals surface area contributed by atoms with Crippen LogP contribution >= 0.6 is 23.1 Å². The minimum absolute atomic E-state index is 0.196. The third-order valence-corrected chi connectivity index (χ3v) is 8.14. The van der Waals surface area contributed by atoms with Gasteiger partial charge in [0.2, 0.25) is 0 Å². The molecule has 1 aromatic carbocycles. The number of dihydropyridines is 1. The van der Waals surface area contributed by atoms with Crippen molar-refractivity contribution in [2.24, 2.45) is 0 Å². The Morgan fingerprint density at radius 1 is 1.26 bits per heavy atom. The Hall–Kier alpha value is -1.65. The molecule has 0 amide bonds. The first-order valence-corrected chi connectivity index (χ1v) is 12.3. The van der Waals surface area contributed by atoms with Gasteiger partial charge in [0, 0.05) is 5.57 Å². The third kappa shape index (κ3) is 5.20. The average molecular weight is 415 g/mol. The molecule has 3 rings (SSSR count). The maximum Gasteiger partial charge on any atom is 0.153 e. The topological polar surface area (TPSA) is 58.9 Å². The maximum absolute atomic E-state index is 12.3. The van der Waals surface area contributed by atoms with Gasteiger partial charge in [0.15, 0.2) is 5.08 Å². The van der Waals surface area contributed by atoms with Gasteiger partial charge in [-0.05, 0) is 40.7 Å². The highest BCUT2D eigenvalue weighted by molar-refractivity contribution is 8.12. The predicted octanol–water partition coefficient (Wildman–Crippen LogP) is 5.24. The molecule has 27 heavy (non-hydrogen) atoms. The normalized spacial score (nSPS) is 17.8. The van der Waals surface area contributed by atoms with Crippen LogP contribution in [0.5, 0.6) is 0 Å². The number of allylic oxidation sites excluding steroid dienone is 2. The number of nitrogens with zero attached hydrogens (tertiary/aromatic N) is 1. The lowest BCUT2D eigenvalue weighted by molar-refractivity contribution is 0.596. The van der Waals surface area contributed by atoms with E-state index in [1.165, 1.54) is 0 Å². The van der Waals surface area contributed by atoms with Crippen LogP contribution in [-0.2, 0) is 11.2 Å². The Balaban J connectivity index is 1.90. The molecule has 1 aliphatic heterocycles. The SMILES string of the molecule is CCCC[S+]([O-])CSC1NC(c2cccs2)=CC(c2ccccc2)=C1C#N. The molecule has 1 aromatic heterocycles. The molecular weight excluding hydrogens is 392 g/mol. The Morgan fingerprint density at radius 2 is 2.07 bits per heavy atom. The molecule has 1 aliphatic rings. The van der Waals surface area contributed by atoms with Crippen molar-refractivity contribution >= 4 is 45.5 Å².